The largest absolute Gasteiger partial charge is 0.354 e. The lowest BCUT2D eigenvalue weighted by Crippen LogP contribution is -2.35. The molecule has 19 heavy (non-hydrogen) atoms. The molecule has 1 aliphatic carbocycles. The van der Waals surface area contributed by atoms with E-state index in [1.807, 2.05) is 0 Å². The molecule has 0 N–H and O–H groups in total. The van der Waals surface area contributed by atoms with Gasteiger partial charge in [-0.25, -0.2) is 0 Å². The number of fused-ring (bicyclic) bond motifs is 1. The first-order chi connectivity index (χ1) is 9.16. The lowest BCUT2D eigenvalue weighted by molar-refractivity contribution is -0.384. The van der Waals surface area contributed by atoms with Crippen LogP contribution < -0.4 is 0 Å². The van der Waals surface area contributed by atoms with Gasteiger partial charge in [0.05, 0.1) is 11.0 Å². The molecule has 1 aromatic rings. The topological polar surface area (TPSA) is 55.6 Å². The highest BCUT2D eigenvalue weighted by molar-refractivity contribution is 5.34. The number of likely N-dealkylation sites (N-methyl/N-ethyl adjacent to an activating group) is 1. The Kier molecular flexibility index (Phi) is 3.24. The van der Waals surface area contributed by atoms with Crippen LogP contribution in [-0.2, 0) is 4.74 Å². The lowest BCUT2D eigenvalue weighted by Gasteiger charge is -2.27. The molecule has 3 atom stereocenters. The van der Waals surface area contributed by atoms with Gasteiger partial charge in [0, 0.05) is 18.2 Å². The van der Waals surface area contributed by atoms with Gasteiger partial charge in [-0.1, -0.05) is 12.8 Å². The van der Waals surface area contributed by atoms with Crippen LogP contribution in [0.2, 0.25) is 0 Å². The number of hydrogen-bond acceptors (Lipinski definition) is 4. The van der Waals surface area contributed by atoms with Crippen molar-refractivity contribution in [2.75, 3.05) is 7.05 Å². The Balaban J connectivity index is 1.80. The van der Waals surface area contributed by atoms with Gasteiger partial charge in [-0.05, 0) is 37.6 Å². The smallest absolute Gasteiger partial charge is 0.269 e. The number of nitro groups is 1. The standard InChI is InChI=1S/C14H18N2O3/c1-15-12-4-2-3-5-13(12)19-14(15)10-6-8-11(9-7-10)16(17)18/h6-9,12-14H,2-5H2,1H3/t12-,13-,14+/m1/s1. The number of ether oxygens (including phenoxy) is 1. The summed E-state index contributed by atoms with van der Waals surface area (Å²) in [5.74, 6) is 0. The van der Waals surface area contributed by atoms with Crippen molar-refractivity contribution in [3.8, 4) is 0 Å². The zero-order valence-electron chi connectivity index (χ0n) is 11.0. The fraction of sp³-hybridized carbons (Fsp3) is 0.571. The molecule has 0 bridgehead atoms. The van der Waals surface area contributed by atoms with E-state index in [1.54, 1.807) is 24.3 Å². The monoisotopic (exact) mass is 262 g/mol. The van der Waals surface area contributed by atoms with Crippen LogP contribution in [0.3, 0.4) is 0 Å². The van der Waals surface area contributed by atoms with E-state index < -0.39 is 0 Å². The Morgan fingerprint density at radius 2 is 1.95 bits per heavy atom. The summed E-state index contributed by atoms with van der Waals surface area (Å²) >= 11 is 0. The van der Waals surface area contributed by atoms with E-state index in [2.05, 4.69) is 11.9 Å². The van der Waals surface area contributed by atoms with E-state index in [0.29, 0.717) is 12.1 Å². The van der Waals surface area contributed by atoms with E-state index in [9.17, 15) is 10.1 Å². The minimum absolute atomic E-state index is 0.0612. The van der Waals surface area contributed by atoms with Gasteiger partial charge in [-0.15, -0.1) is 0 Å². The normalized spacial score (nSPS) is 31.1. The van der Waals surface area contributed by atoms with Gasteiger partial charge in [-0.3, -0.25) is 15.0 Å². The number of nitrogens with zero attached hydrogens (tertiary/aromatic N) is 2. The third-order valence-corrected chi connectivity index (χ3v) is 4.25. The average molecular weight is 262 g/mol. The molecule has 1 aromatic carbocycles. The molecule has 102 valence electrons. The van der Waals surface area contributed by atoms with Crippen LogP contribution in [0.15, 0.2) is 24.3 Å². The first-order valence-electron chi connectivity index (χ1n) is 6.78. The average Bonchev–Trinajstić information content (AvgIpc) is 2.77. The van der Waals surface area contributed by atoms with Crippen molar-refractivity contribution in [3.63, 3.8) is 0 Å². The van der Waals surface area contributed by atoms with Gasteiger partial charge < -0.3 is 4.74 Å². The predicted molar refractivity (Wildman–Crippen MR) is 70.7 cm³/mol. The maximum absolute atomic E-state index is 10.7. The summed E-state index contributed by atoms with van der Waals surface area (Å²) in [5.41, 5.74) is 1.13. The summed E-state index contributed by atoms with van der Waals surface area (Å²) in [7, 11) is 2.09. The van der Waals surface area contributed by atoms with Crippen molar-refractivity contribution < 1.29 is 9.66 Å². The Morgan fingerprint density at radius 3 is 2.58 bits per heavy atom. The fourth-order valence-electron chi connectivity index (χ4n) is 3.21. The van der Waals surface area contributed by atoms with Gasteiger partial charge in [0.2, 0.25) is 0 Å². The number of benzene rings is 1. The summed E-state index contributed by atoms with van der Waals surface area (Å²) in [6.07, 6.45) is 5.07. The van der Waals surface area contributed by atoms with Crippen molar-refractivity contribution in [2.24, 2.45) is 0 Å². The summed E-state index contributed by atoms with van der Waals surface area (Å²) in [5, 5.41) is 10.7. The molecule has 1 heterocycles. The molecule has 2 fully saturated rings. The van der Waals surface area contributed by atoms with Crippen molar-refractivity contribution in [2.45, 2.75) is 44.1 Å². The summed E-state index contributed by atoms with van der Waals surface area (Å²) < 4.78 is 6.12. The first-order valence-corrected chi connectivity index (χ1v) is 6.78. The highest BCUT2D eigenvalue weighted by Crippen LogP contribution is 2.39. The molecular formula is C14H18N2O3. The second kappa shape index (κ2) is 4.90. The highest BCUT2D eigenvalue weighted by Gasteiger charge is 2.41. The van der Waals surface area contributed by atoms with Crippen molar-refractivity contribution >= 4 is 5.69 Å². The van der Waals surface area contributed by atoms with E-state index >= 15 is 0 Å². The van der Waals surface area contributed by atoms with Crippen LogP contribution in [-0.4, -0.2) is 29.0 Å². The highest BCUT2D eigenvalue weighted by atomic mass is 16.6. The van der Waals surface area contributed by atoms with E-state index in [1.165, 1.54) is 19.3 Å². The van der Waals surface area contributed by atoms with Crippen molar-refractivity contribution in [1.29, 1.82) is 0 Å². The predicted octanol–water partition coefficient (Wildman–Crippen LogP) is 2.87. The third-order valence-electron chi connectivity index (χ3n) is 4.25. The minimum atomic E-state index is -0.372. The van der Waals surface area contributed by atoms with Crippen LogP contribution >= 0.6 is 0 Å². The van der Waals surface area contributed by atoms with Crippen molar-refractivity contribution in [3.05, 3.63) is 39.9 Å². The van der Waals surface area contributed by atoms with Crippen molar-refractivity contribution in [1.82, 2.24) is 4.90 Å². The van der Waals surface area contributed by atoms with Crippen LogP contribution in [0.25, 0.3) is 0 Å². The van der Waals surface area contributed by atoms with Gasteiger partial charge in [0.15, 0.2) is 0 Å². The van der Waals surface area contributed by atoms with Crippen LogP contribution in [0.1, 0.15) is 37.5 Å². The molecule has 5 nitrogen and oxygen atoms in total. The number of hydrogen-bond donors (Lipinski definition) is 0. The summed E-state index contributed by atoms with van der Waals surface area (Å²) in [4.78, 5) is 12.6. The Bertz CT molecular complexity index is 474. The fourth-order valence-corrected chi connectivity index (χ4v) is 3.21. The molecule has 0 aromatic heterocycles. The van der Waals surface area contributed by atoms with E-state index in [-0.39, 0.29) is 16.8 Å². The molecule has 0 spiro atoms. The third kappa shape index (κ3) is 2.24. The molecular weight excluding hydrogens is 244 g/mol. The first kappa shape index (κ1) is 12.6. The Hall–Kier alpha value is -1.46. The quantitative estimate of drug-likeness (QED) is 0.607. The van der Waals surface area contributed by atoms with Crippen LogP contribution in [0.4, 0.5) is 5.69 Å². The molecule has 1 aliphatic heterocycles. The minimum Gasteiger partial charge on any atom is -0.354 e. The van der Waals surface area contributed by atoms with Gasteiger partial charge in [0.1, 0.15) is 6.23 Å². The maximum Gasteiger partial charge on any atom is 0.269 e. The zero-order valence-corrected chi connectivity index (χ0v) is 11.0. The number of nitro benzene ring substituents is 1. The second-order valence-electron chi connectivity index (χ2n) is 5.39. The number of rotatable bonds is 2. The molecule has 1 saturated carbocycles. The van der Waals surface area contributed by atoms with Gasteiger partial charge >= 0.3 is 0 Å². The Labute approximate surface area is 112 Å². The van der Waals surface area contributed by atoms with Crippen LogP contribution in [0, 0.1) is 10.1 Å². The summed E-state index contributed by atoms with van der Waals surface area (Å²) in [6, 6.07) is 7.20. The molecule has 0 amide bonds. The van der Waals surface area contributed by atoms with Crippen LogP contribution in [0.5, 0.6) is 0 Å². The molecule has 3 rings (SSSR count). The molecule has 0 radical (unpaired) electrons. The van der Waals surface area contributed by atoms with Gasteiger partial charge in [-0.2, -0.15) is 0 Å². The SMILES string of the molecule is CN1[C@@H]2CCCC[C@H]2O[C@H]1c1ccc([N+](=O)[O-])cc1. The summed E-state index contributed by atoms with van der Waals surface area (Å²) in [6.45, 7) is 0. The van der Waals surface area contributed by atoms with Gasteiger partial charge in [0.25, 0.3) is 5.69 Å². The lowest BCUT2D eigenvalue weighted by atomic mass is 9.92. The second-order valence-corrected chi connectivity index (χ2v) is 5.39. The molecule has 0 unspecified atom stereocenters. The molecule has 2 aliphatic rings. The number of non-ortho nitro benzene ring substituents is 1. The van der Waals surface area contributed by atoms with E-state index in [4.69, 9.17) is 4.74 Å². The zero-order chi connectivity index (χ0) is 13.4. The maximum atomic E-state index is 10.7. The molecule has 1 saturated heterocycles. The Morgan fingerprint density at radius 1 is 1.26 bits per heavy atom. The molecule has 5 heteroatoms. The van der Waals surface area contributed by atoms with E-state index in [0.717, 1.165) is 12.0 Å².